The number of hydrogen-bond acceptors (Lipinski definition) is 5. The van der Waals surface area contributed by atoms with Crippen LogP contribution in [0.5, 0.6) is 0 Å². The summed E-state index contributed by atoms with van der Waals surface area (Å²) >= 11 is 0. The van der Waals surface area contributed by atoms with Crippen molar-refractivity contribution in [3.8, 4) is 0 Å². The van der Waals surface area contributed by atoms with Crippen molar-refractivity contribution in [2.24, 2.45) is 0 Å². The monoisotopic (exact) mass is 505 g/mol. The van der Waals surface area contributed by atoms with E-state index in [1.54, 1.807) is 12.1 Å². The number of ether oxygens (including phenoxy) is 1. The van der Waals surface area contributed by atoms with E-state index < -0.39 is 16.8 Å². The SMILES string of the molecule is CCOC(=O)CCC12C3=C(CCC=C3)C(CNOC(=O)c3ccccc3)(c3ccccc31)c1ccccc12. The number of rotatable bonds is 8. The lowest BCUT2D eigenvalue weighted by molar-refractivity contribution is -0.143. The van der Waals surface area contributed by atoms with Crippen LogP contribution >= 0.6 is 0 Å². The average Bonchev–Trinajstić information content (AvgIpc) is 2.97. The van der Waals surface area contributed by atoms with Crippen LogP contribution < -0.4 is 5.48 Å². The number of allylic oxidation sites excluding steroid dienone is 3. The van der Waals surface area contributed by atoms with Crippen molar-refractivity contribution in [3.05, 3.63) is 130 Å². The highest BCUT2D eigenvalue weighted by molar-refractivity contribution is 5.89. The first kappa shape index (κ1) is 24.4. The number of carbonyl (C=O) groups excluding carboxylic acids is 2. The van der Waals surface area contributed by atoms with Crippen molar-refractivity contribution in [2.75, 3.05) is 13.2 Å². The third kappa shape index (κ3) is 3.57. The van der Waals surface area contributed by atoms with E-state index in [1.165, 1.54) is 33.4 Å². The molecule has 1 N–H and O–H groups in total. The van der Waals surface area contributed by atoms with E-state index in [9.17, 15) is 9.59 Å². The standard InChI is InChI=1S/C33H31NO4/c1-2-37-30(35)20-21-32-24-14-6-9-17-27(24)33(28-18-10-7-15-25(28)32,29-19-11-8-16-26(29)32)22-34-38-31(36)23-12-4-3-5-13-23/h3-10,12-18,34H,2,11,19-22H2,1H3. The van der Waals surface area contributed by atoms with E-state index in [0.717, 1.165) is 12.8 Å². The third-order valence-corrected chi connectivity index (χ3v) is 8.36. The van der Waals surface area contributed by atoms with Crippen LogP contribution in [0, 0.1) is 0 Å². The molecule has 4 aliphatic carbocycles. The second-order valence-corrected chi connectivity index (χ2v) is 10.1. The lowest BCUT2D eigenvalue weighted by Crippen LogP contribution is -2.55. The second-order valence-electron chi connectivity index (χ2n) is 10.1. The van der Waals surface area contributed by atoms with Crippen molar-refractivity contribution in [3.63, 3.8) is 0 Å². The van der Waals surface area contributed by atoms with E-state index in [1.807, 2.05) is 25.1 Å². The summed E-state index contributed by atoms with van der Waals surface area (Å²) in [6.45, 7) is 2.64. The molecule has 5 nitrogen and oxygen atoms in total. The Balaban J connectivity index is 1.47. The van der Waals surface area contributed by atoms with Crippen molar-refractivity contribution in [2.45, 2.75) is 43.4 Å². The van der Waals surface area contributed by atoms with Crippen LogP contribution in [0.15, 0.2) is 102 Å². The smallest absolute Gasteiger partial charge is 0.356 e. The van der Waals surface area contributed by atoms with Gasteiger partial charge in [-0.1, -0.05) is 78.9 Å². The Hall–Kier alpha value is -3.96. The molecule has 0 heterocycles. The van der Waals surface area contributed by atoms with Crippen LogP contribution in [0.2, 0.25) is 0 Å². The van der Waals surface area contributed by atoms with Crippen LogP contribution in [0.25, 0.3) is 0 Å². The van der Waals surface area contributed by atoms with Crippen LogP contribution in [0.3, 0.4) is 0 Å². The zero-order chi connectivity index (χ0) is 26.2. The average molecular weight is 506 g/mol. The molecule has 192 valence electrons. The summed E-state index contributed by atoms with van der Waals surface area (Å²) in [6.07, 6.45) is 7.33. The van der Waals surface area contributed by atoms with Gasteiger partial charge in [0, 0.05) is 18.4 Å². The maximum atomic E-state index is 12.8. The Morgan fingerprint density at radius 2 is 1.45 bits per heavy atom. The first-order valence-corrected chi connectivity index (χ1v) is 13.4. The number of carbonyl (C=O) groups is 2. The molecule has 0 radical (unpaired) electrons. The summed E-state index contributed by atoms with van der Waals surface area (Å²) in [5.74, 6) is -0.576. The molecule has 2 bridgehead atoms. The molecule has 3 aromatic rings. The quantitative estimate of drug-likeness (QED) is 0.303. The minimum absolute atomic E-state index is 0.171. The zero-order valence-corrected chi connectivity index (χ0v) is 21.5. The fourth-order valence-electron chi connectivity index (χ4n) is 6.93. The van der Waals surface area contributed by atoms with Gasteiger partial charge in [-0.25, -0.2) is 4.79 Å². The van der Waals surface area contributed by atoms with Crippen LogP contribution in [-0.4, -0.2) is 25.1 Å². The molecule has 0 spiro atoms. The van der Waals surface area contributed by atoms with Gasteiger partial charge in [0.2, 0.25) is 0 Å². The molecule has 0 atom stereocenters. The summed E-state index contributed by atoms with van der Waals surface area (Å²) in [6, 6.07) is 26.2. The van der Waals surface area contributed by atoms with Gasteiger partial charge < -0.3 is 9.57 Å². The zero-order valence-electron chi connectivity index (χ0n) is 21.5. The summed E-state index contributed by atoms with van der Waals surface area (Å²) < 4.78 is 5.35. The Bertz CT molecular complexity index is 1410. The van der Waals surface area contributed by atoms with Crippen LogP contribution in [0.4, 0.5) is 0 Å². The van der Waals surface area contributed by atoms with Gasteiger partial charge in [0.15, 0.2) is 0 Å². The summed E-state index contributed by atoms with van der Waals surface area (Å²) in [4.78, 5) is 31.0. The lowest BCUT2D eigenvalue weighted by Gasteiger charge is -2.58. The molecule has 3 aromatic carbocycles. The number of nitrogens with one attached hydrogen (secondary N) is 1. The molecule has 0 amide bonds. The van der Waals surface area contributed by atoms with Gasteiger partial charge in [-0.05, 0) is 71.7 Å². The summed E-state index contributed by atoms with van der Waals surface area (Å²) in [5.41, 5.74) is 10.1. The number of benzene rings is 3. The fourth-order valence-corrected chi connectivity index (χ4v) is 6.93. The molecule has 0 aliphatic heterocycles. The maximum absolute atomic E-state index is 12.8. The van der Waals surface area contributed by atoms with Crippen molar-refractivity contribution >= 4 is 11.9 Å². The largest absolute Gasteiger partial charge is 0.466 e. The first-order valence-electron chi connectivity index (χ1n) is 13.4. The molecule has 5 heteroatoms. The Morgan fingerprint density at radius 1 is 0.842 bits per heavy atom. The molecule has 38 heavy (non-hydrogen) atoms. The van der Waals surface area contributed by atoms with Crippen LogP contribution in [0.1, 0.15) is 65.2 Å². The maximum Gasteiger partial charge on any atom is 0.356 e. The van der Waals surface area contributed by atoms with E-state index in [2.05, 4.69) is 66.2 Å². The first-order chi connectivity index (χ1) is 18.6. The van der Waals surface area contributed by atoms with E-state index in [-0.39, 0.29) is 5.97 Å². The molecule has 0 saturated carbocycles. The van der Waals surface area contributed by atoms with E-state index >= 15 is 0 Å². The lowest BCUT2D eigenvalue weighted by atomic mass is 9.45. The van der Waals surface area contributed by atoms with Gasteiger partial charge in [-0.2, -0.15) is 5.48 Å². The molecule has 0 unspecified atom stereocenters. The number of esters is 1. The van der Waals surface area contributed by atoms with Crippen molar-refractivity contribution < 1.29 is 19.2 Å². The minimum Gasteiger partial charge on any atom is -0.466 e. The minimum atomic E-state index is -0.490. The molecule has 0 saturated heterocycles. The highest BCUT2D eigenvalue weighted by atomic mass is 16.7. The second kappa shape index (κ2) is 9.73. The van der Waals surface area contributed by atoms with E-state index in [0.29, 0.717) is 31.6 Å². The normalized spacial score (nSPS) is 22.3. The van der Waals surface area contributed by atoms with Gasteiger partial charge in [0.05, 0.1) is 17.6 Å². The molecule has 0 fully saturated rings. The fraction of sp³-hybridized carbons (Fsp3) is 0.273. The van der Waals surface area contributed by atoms with Gasteiger partial charge in [0.1, 0.15) is 0 Å². The molecule has 4 aliphatic rings. The highest BCUT2D eigenvalue weighted by Crippen LogP contribution is 2.64. The van der Waals surface area contributed by atoms with Gasteiger partial charge >= 0.3 is 11.9 Å². The highest BCUT2D eigenvalue weighted by Gasteiger charge is 2.59. The molecule has 7 rings (SSSR count). The third-order valence-electron chi connectivity index (χ3n) is 8.36. The molecule has 0 aromatic heterocycles. The summed E-state index contributed by atoms with van der Waals surface area (Å²) in [7, 11) is 0. The Labute approximate surface area is 223 Å². The van der Waals surface area contributed by atoms with Crippen LogP contribution in [-0.2, 0) is 25.2 Å². The van der Waals surface area contributed by atoms with Gasteiger partial charge in [0.25, 0.3) is 0 Å². The topological polar surface area (TPSA) is 64.6 Å². The molecular weight excluding hydrogens is 474 g/mol. The summed E-state index contributed by atoms with van der Waals surface area (Å²) in [5, 5.41) is 0. The van der Waals surface area contributed by atoms with Crippen molar-refractivity contribution in [1.82, 2.24) is 5.48 Å². The Morgan fingerprint density at radius 3 is 2.08 bits per heavy atom. The van der Waals surface area contributed by atoms with Crippen molar-refractivity contribution in [1.29, 1.82) is 0 Å². The van der Waals surface area contributed by atoms with Gasteiger partial charge in [-0.15, -0.1) is 0 Å². The van der Waals surface area contributed by atoms with E-state index in [4.69, 9.17) is 9.57 Å². The number of hydrogen-bond donors (Lipinski definition) is 1. The van der Waals surface area contributed by atoms with Gasteiger partial charge in [-0.3, -0.25) is 4.79 Å². The Kier molecular flexibility index (Phi) is 6.24. The predicted octanol–water partition coefficient (Wildman–Crippen LogP) is 5.94. The number of hydroxylamine groups is 1. The predicted molar refractivity (Wildman–Crippen MR) is 146 cm³/mol. The molecular formula is C33H31NO4.